The molecule has 13 heteroatoms. The predicted molar refractivity (Wildman–Crippen MR) is 116 cm³/mol. The van der Waals surface area contributed by atoms with Crippen molar-refractivity contribution in [1.82, 2.24) is 15.2 Å². The number of hydrogen-bond donors (Lipinski definition) is 1. The lowest BCUT2D eigenvalue weighted by molar-refractivity contribution is -0.141. The first-order valence-electron chi connectivity index (χ1n) is 11.1. The van der Waals surface area contributed by atoms with Crippen molar-refractivity contribution >= 4 is 22.4 Å². The van der Waals surface area contributed by atoms with Gasteiger partial charge in [0.25, 0.3) is 0 Å². The lowest BCUT2D eigenvalue weighted by atomic mass is 9.90. The van der Waals surface area contributed by atoms with Crippen LogP contribution in [0.25, 0.3) is 10.9 Å². The van der Waals surface area contributed by atoms with Crippen LogP contribution in [-0.4, -0.2) is 40.5 Å². The van der Waals surface area contributed by atoms with Gasteiger partial charge in [-0.2, -0.15) is 31.4 Å². The van der Waals surface area contributed by atoms with Crippen molar-refractivity contribution in [3.63, 3.8) is 0 Å². The third-order valence-corrected chi connectivity index (χ3v) is 6.55. The van der Waals surface area contributed by atoms with Crippen molar-refractivity contribution in [1.29, 1.82) is 0 Å². The van der Waals surface area contributed by atoms with Crippen LogP contribution in [0.3, 0.4) is 0 Å². The summed E-state index contributed by atoms with van der Waals surface area (Å²) in [6.45, 7) is 3.45. The molecule has 1 aromatic carbocycles. The fraction of sp³-hybridized carbons (Fsp3) is 0.435. The Labute approximate surface area is 200 Å². The van der Waals surface area contributed by atoms with Gasteiger partial charge >= 0.3 is 12.4 Å². The molecule has 3 atom stereocenters. The Morgan fingerprint density at radius 2 is 1.75 bits per heavy atom. The smallest absolute Gasteiger partial charge is 0.377 e. The highest BCUT2D eigenvalue weighted by Crippen LogP contribution is 2.45. The molecule has 5 rings (SSSR count). The Hall–Kier alpha value is -3.22. The molecule has 0 spiro atoms. The summed E-state index contributed by atoms with van der Waals surface area (Å²) in [7, 11) is 0. The Bertz CT molecular complexity index is 1310. The van der Waals surface area contributed by atoms with Crippen LogP contribution in [0.2, 0.25) is 0 Å². The molecule has 0 aliphatic carbocycles. The van der Waals surface area contributed by atoms with E-state index in [-0.39, 0.29) is 59.0 Å². The number of morpholine rings is 1. The molecule has 2 aliphatic rings. The second kappa shape index (κ2) is 8.43. The van der Waals surface area contributed by atoms with Crippen LogP contribution in [0.15, 0.2) is 24.3 Å². The maximum Gasteiger partial charge on any atom is 0.435 e. The molecule has 192 valence electrons. The van der Waals surface area contributed by atoms with Crippen LogP contribution in [0.1, 0.15) is 41.9 Å². The Balaban J connectivity index is 1.60. The van der Waals surface area contributed by atoms with E-state index >= 15 is 0 Å². The van der Waals surface area contributed by atoms with Gasteiger partial charge in [0.2, 0.25) is 0 Å². The monoisotopic (exact) mass is 515 g/mol. The van der Waals surface area contributed by atoms with Gasteiger partial charge in [-0.25, -0.2) is 9.37 Å². The molecule has 2 fully saturated rings. The van der Waals surface area contributed by atoms with E-state index in [9.17, 15) is 30.7 Å². The zero-order chi connectivity index (χ0) is 26.0. The number of fused-ring (bicyclic) bond motifs is 3. The first kappa shape index (κ1) is 24.5. The molecular formula is C23H20F7N5O. The molecule has 4 heterocycles. The summed E-state index contributed by atoms with van der Waals surface area (Å²) in [6, 6.07) is 2.75. The average Bonchev–Trinajstić information content (AvgIpc) is 2.79. The molecule has 2 unspecified atom stereocenters. The molecule has 2 aliphatic heterocycles. The van der Waals surface area contributed by atoms with Gasteiger partial charge in [-0.1, -0.05) is 12.1 Å². The normalized spacial score (nSPS) is 20.9. The second-order valence-corrected chi connectivity index (χ2v) is 8.94. The molecule has 2 saturated heterocycles. The van der Waals surface area contributed by atoms with E-state index in [1.54, 1.807) is 4.90 Å². The molecule has 0 amide bonds. The molecule has 1 N–H and O–H groups in total. The minimum absolute atomic E-state index is 0.0238. The number of aryl methyl sites for hydroxylation is 1. The third-order valence-electron chi connectivity index (χ3n) is 6.55. The topological polar surface area (TPSA) is 63.2 Å². The van der Waals surface area contributed by atoms with E-state index in [4.69, 9.17) is 4.74 Å². The highest BCUT2D eigenvalue weighted by Gasteiger charge is 2.47. The van der Waals surface area contributed by atoms with Gasteiger partial charge in [0, 0.05) is 10.9 Å². The first-order valence-corrected chi connectivity index (χ1v) is 11.1. The number of anilines is 2. The number of nitrogens with zero attached hydrogens (tertiary/aromatic N) is 4. The fourth-order valence-corrected chi connectivity index (χ4v) is 4.81. The van der Waals surface area contributed by atoms with Crippen LogP contribution in [-0.2, 0) is 17.1 Å². The van der Waals surface area contributed by atoms with Crippen molar-refractivity contribution in [2.24, 2.45) is 0 Å². The third kappa shape index (κ3) is 4.08. The number of ether oxygens (including phenoxy) is 1. The second-order valence-electron chi connectivity index (χ2n) is 8.94. The Kier molecular flexibility index (Phi) is 5.73. The zero-order valence-corrected chi connectivity index (χ0v) is 19.0. The highest BCUT2D eigenvalue weighted by atomic mass is 19.4. The van der Waals surface area contributed by atoms with Crippen LogP contribution >= 0.6 is 0 Å². The van der Waals surface area contributed by atoms with Gasteiger partial charge in [-0.05, 0) is 32.4 Å². The van der Waals surface area contributed by atoms with E-state index in [0.29, 0.717) is 12.5 Å². The van der Waals surface area contributed by atoms with Crippen molar-refractivity contribution in [3.05, 3.63) is 52.6 Å². The Morgan fingerprint density at radius 3 is 2.36 bits per heavy atom. The average molecular weight is 515 g/mol. The lowest BCUT2D eigenvalue weighted by Gasteiger charge is -2.54. The van der Waals surface area contributed by atoms with E-state index in [1.165, 1.54) is 26.0 Å². The van der Waals surface area contributed by atoms with Gasteiger partial charge in [0.15, 0.2) is 11.5 Å². The minimum atomic E-state index is -4.89. The molecule has 2 aromatic heterocycles. The lowest BCUT2D eigenvalue weighted by Crippen LogP contribution is -2.64. The minimum Gasteiger partial charge on any atom is -0.377 e. The van der Waals surface area contributed by atoms with Crippen LogP contribution in [0.5, 0.6) is 0 Å². The maximum absolute atomic E-state index is 14.7. The van der Waals surface area contributed by atoms with Gasteiger partial charge in [0.05, 0.1) is 53.8 Å². The quantitative estimate of drug-likeness (QED) is 0.453. The number of rotatable bonds is 4. The molecule has 6 nitrogen and oxygen atoms in total. The molecular weight excluding hydrogens is 495 g/mol. The van der Waals surface area contributed by atoms with Crippen molar-refractivity contribution < 1.29 is 35.5 Å². The summed E-state index contributed by atoms with van der Waals surface area (Å²) in [5.74, 6) is -1.47. The first-order chi connectivity index (χ1) is 16.9. The highest BCUT2D eigenvalue weighted by molar-refractivity contribution is 5.93. The number of halogens is 7. The SMILES string of the molecule is Cc1nnc(N[C@H](C)c2cccc(C(F)(F)F)c2F)c2cc(N3C4COCC3C4)c(C(F)(F)F)nc12. The summed E-state index contributed by atoms with van der Waals surface area (Å²) in [5.41, 5.74) is -2.83. The number of benzene rings is 1. The zero-order valence-electron chi connectivity index (χ0n) is 19.0. The largest absolute Gasteiger partial charge is 0.435 e. The molecule has 3 aromatic rings. The number of pyridine rings is 1. The Morgan fingerprint density at radius 1 is 1.06 bits per heavy atom. The summed E-state index contributed by atoms with van der Waals surface area (Å²) >= 11 is 0. The van der Waals surface area contributed by atoms with Gasteiger partial charge < -0.3 is 15.0 Å². The van der Waals surface area contributed by atoms with E-state index in [0.717, 1.165) is 6.07 Å². The van der Waals surface area contributed by atoms with E-state index in [2.05, 4.69) is 20.5 Å². The number of alkyl halides is 6. The summed E-state index contributed by atoms with van der Waals surface area (Å²) < 4.78 is 102. The van der Waals surface area contributed by atoms with E-state index in [1.807, 2.05) is 0 Å². The van der Waals surface area contributed by atoms with E-state index < -0.39 is 35.5 Å². The fourth-order valence-electron chi connectivity index (χ4n) is 4.81. The molecule has 36 heavy (non-hydrogen) atoms. The predicted octanol–water partition coefficient (Wildman–Crippen LogP) is 5.66. The van der Waals surface area contributed by atoms with Gasteiger partial charge in [0.1, 0.15) is 5.82 Å². The molecule has 0 saturated carbocycles. The number of nitrogens with one attached hydrogen (secondary N) is 1. The van der Waals surface area contributed by atoms with Crippen molar-refractivity contribution in [2.75, 3.05) is 23.4 Å². The summed E-state index contributed by atoms with van der Waals surface area (Å²) in [6.07, 6.45) is -8.94. The van der Waals surface area contributed by atoms with Crippen molar-refractivity contribution in [3.8, 4) is 0 Å². The van der Waals surface area contributed by atoms with Crippen LogP contribution in [0, 0.1) is 12.7 Å². The molecule has 0 radical (unpaired) electrons. The van der Waals surface area contributed by atoms with Crippen molar-refractivity contribution in [2.45, 2.75) is 50.7 Å². The number of hydrogen-bond acceptors (Lipinski definition) is 6. The van der Waals surface area contributed by atoms with Gasteiger partial charge in [-0.15, -0.1) is 5.10 Å². The van der Waals surface area contributed by atoms with Crippen LogP contribution in [0.4, 0.5) is 42.2 Å². The standard InChI is InChI=1S/C23H20F7N5O/c1-10(14-4-3-5-16(18(14)24)22(25,26)27)31-21-15-7-17(35-12-6-13(35)9-36-8-12)20(23(28,29)30)32-19(15)11(2)33-34-21/h3-5,7,10,12-13H,6,8-9H2,1-2H3,(H,31,34)/t10-,12?,13?/m1/s1. The maximum atomic E-state index is 14.7. The summed E-state index contributed by atoms with van der Waals surface area (Å²) in [5, 5.41) is 10.9. The van der Waals surface area contributed by atoms with Gasteiger partial charge in [-0.3, -0.25) is 0 Å². The summed E-state index contributed by atoms with van der Waals surface area (Å²) in [4.78, 5) is 5.54. The van der Waals surface area contributed by atoms with Crippen LogP contribution < -0.4 is 10.2 Å². The molecule has 2 bridgehead atoms. The number of aromatic nitrogens is 3.